The molecule has 0 heterocycles. The lowest BCUT2D eigenvalue weighted by molar-refractivity contribution is -0.118. The van der Waals surface area contributed by atoms with Gasteiger partial charge in [-0.2, -0.15) is 0 Å². The van der Waals surface area contributed by atoms with Gasteiger partial charge in [0.1, 0.15) is 32.7 Å². The molecule has 1 atom stereocenters. The summed E-state index contributed by atoms with van der Waals surface area (Å²) in [6, 6.07) is 7.21. The molecule has 0 amide bonds. The Hall–Kier alpha value is -0.750. The number of carbonyl (C=O) groups is 1. The normalized spacial score (nSPS) is 12.1. The van der Waals surface area contributed by atoms with E-state index in [4.69, 9.17) is 8.80 Å². The van der Waals surface area contributed by atoms with Crippen LogP contribution in [0.5, 0.6) is 5.75 Å². The van der Waals surface area contributed by atoms with Crippen LogP contribution in [0.4, 0.5) is 0 Å². The van der Waals surface area contributed by atoms with Gasteiger partial charge in [-0.15, -0.1) is 0 Å². The van der Waals surface area contributed by atoms with Gasteiger partial charge in [0.05, 0.1) is 6.04 Å². The topological polar surface area (TPSA) is 52.3 Å². The molecule has 0 aliphatic heterocycles. The van der Waals surface area contributed by atoms with E-state index in [1.54, 1.807) is 0 Å². The summed E-state index contributed by atoms with van der Waals surface area (Å²) in [7, 11) is 0. The third kappa shape index (κ3) is 4.09. The van der Waals surface area contributed by atoms with E-state index in [-0.39, 0.29) is 5.78 Å². The zero-order valence-electron chi connectivity index (χ0n) is 8.57. The highest BCUT2D eigenvalue weighted by Gasteiger charge is 2.08. The second kappa shape index (κ2) is 5.97. The number of carbonyl (C=O) groups excluding carboxylic acids is 1. The van der Waals surface area contributed by atoms with E-state index in [0.717, 1.165) is 11.3 Å². The molecule has 4 heteroatoms. The van der Waals surface area contributed by atoms with Crippen molar-refractivity contribution >= 4 is 31.4 Å². The first-order chi connectivity index (χ1) is 7.13. The first kappa shape index (κ1) is 12.3. The molecule has 0 radical (unpaired) electrons. The molecule has 1 aromatic rings. The number of rotatable bonds is 5. The number of Topliss-reactive ketones (excluding diaryl/α,β-unsaturated/α-hetero) is 1. The maximum Gasteiger partial charge on any atom is 0.146 e. The fraction of sp³-hybridized carbons (Fsp3) is 0.273. The SMILES string of the molecule is C=IOc1ccc(C[C@@H](N)C(C)=O)cc1. The number of nitrogens with two attached hydrogens (primary N) is 1. The minimum absolute atomic E-state index is 0.0129. The molecule has 2 N–H and O–H groups in total. The molecule has 1 rings (SSSR count). The summed E-state index contributed by atoms with van der Waals surface area (Å²) in [6.45, 7) is 1.51. The van der Waals surface area contributed by atoms with E-state index in [1.807, 2.05) is 24.3 Å². The third-order valence-corrected chi connectivity index (χ3v) is 2.86. The molecule has 0 unspecified atom stereocenters. The summed E-state index contributed by atoms with van der Waals surface area (Å²) in [5.41, 5.74) is 6.71. The molecule has 0 fully saturated rings. The van der Waals surface area contributed by atoms with Crippen LogP contribution in [0, 0.1) is 0 Å². The number of hydrogen-bond acceptors (Lipinski definition) is 3. The molecule has 0 spiro atoms. The van der Waals surface area contributed by atoms with Crippen molar-refractivity contribution in [1.82, 2.24) is 0 Å². The number of ketones is 1. The van der Waals surface area contributed by atoms with Crippen molar-refractivity contribution in [2.45, 2.75) is 19.4 Å². The predicted octanol–water partition coefficient (Wildman–Crippen LogP) is 1.84. The van der Waals surface area contributed by atoms with Crippen molar-refractivity contribution in [2.75, 3.05) is 0 Å². The highest BCUT2D eigenvalue weighted by atomic mass is 127. The molecule has 15 heavy (non-hydrogen) atoms. The lowest BCUT2D eigenvalue weighted by Gasteiger charge is -2.07. The van der Waals surface area contributed by atoms with Crippen molar-refractivity contribution in [1.29, 1.82) is 0 Å². The molecule has 1 aromatic carbocycles. The molecule has 3 nitrogen and oxygen atoms in total. The van der Waals surface area contributed by atoms with Gasteiger partial charge in [-0.3, -0.25) is 4.79 Å². The zero-order chi connectivity index (χ0) is 11.3. The lowest BCUT2D eigenvalue weighted by atomic mass is 10.0. The fourth-order valence-corrected chi connectivity index (χ4v) is 1.79. The van der Waals surface area contributed by atoms with Gasteiger partial charge < -0.3 is 8.80 Å². The van der Waals surface area contributed by atoms with Crippen molar-refractivity contribution in [3.8, 4) is 5.75 Å². The van der Waals surface area contributed by atoms with E-state index in [0.29, 0.717) is 6.42 Å². The molecule has 0 aromatic heterocycles. The van der Waals surface area contributed by atoms with Gasteiger partial charge in [-0.05, 0) is 35.6 Å². The summed E-state index contributed by atoms with van der Waals surface area (Å²) >= 11 is -0.438. The Morgan fingerprint density at radius 3 is 2.60 bits per heavy atom. The van der Waals surface area contributed by atoms with Crippen LogP contribution in [0.3, 0.4) is 0 Å². The van der Waals surface area contributed by atoms with Crippen LogP contribution < -0.4 is 8.80 Å². The summed E-state index contributed by atoms with van der Waals surface area (Å²) in [6.07, 6.45) is 0.578. The first-order valence-corrected chi connectivity index (χ1v) is 6.94. The van der Waals surface area contributed by atoms with Crippen LogP contribution >= 0.6 is 21.1 Å². The zero-order valence-corrected chi connectivity index (χ0v) is 10.7. The van der Waals surface area contributed by atoms with Crippen LogP contribution in [0.1, 0.15) is 12.5 Å². The van der Waals surface area contributed by atoms with E-state index < -0.39 is 27.2 Å². The van der Waals surface area contributed by atoms with E-state index in [9.17, 15) is 4.79 Å². The summed E-state index contributed by atoms with van der Waals surface area (Å²) in [5, 5.41) is 0. The Kier molecular flexibility index (Phi) is 4.90. The predicted molar refractivity (Wildman–Crippen MR) is 70.6 cm³/mol. The monoisotopic (exact) mass is 319 g/mol. The van der Waals surface area contributed by atoms with Crippen molar-refractivity contribution < 1.29 is 7.86 Å². The smallest absolute Gasteiger partial charge is 0.146 e. The standard InChI is InChI=1S/C11H14INO2/c1-8(14)11(13)7-9-3-5-10(6-4-9)15-12-2/h3-6,11H,2,7,13H2,1H3/t11-/m1/s1. The molecule has 0 saturated heterocycles. The summed E-state index contributed by atoms with van der Waals surface area (Å²) in [5.74, 6) is 0.844. The molecular formula is C11H14INO2. The van der Waals surface area contributed by atoms with Crippen LogP contribution in [0.25, 0.3) is 0 Å². The quantitative estimate of drug-likeness (QED) is 0.843. The second-order valence-corrected chi connectivity index (χ2v) is 4.31. The summed E-state index contributed by atoms with van der Waals surface area (Å²) in [4.78, 5) is 11.0. The minimum Gasteiger partial charge on any atom is -0.436 e. The van der Waals surface area contributed by atoms with Crippen molar-refractivity contribution in [3.05, 3.63) is 29.8 Å². The Morgan fingerprint density at radius 1 is 1.53 bits per heavy atom. The van der Waals surface area contributed by atoms with Gasteiger partial charge in [0, 0.05) is 0 Å². The Balaban J connectivity index is 2.64. The Bertz CT molecular complexity index is 348. The van der Waals surface area contributed by atoms with E-state index in [1.165, 1.54) is 6.92 Å². The third-order valence-electron chi connectivity index (χ3n) is 2.04. The van der Waals surface area contributed by atoms with Gasteiger partial charge >= 0.3 is 0 Å². The Morgan fingerprint density at radius 2 is 2.13 bits per heavy atom. The van der Waals surface area contributed by atoms with Crippen LogP contribution in [-0.2, 0) is 11.2 Å². The van der Waals surface area contributed by atoms with Gasteiger partial charge in [-0.25, -0.2) is 0 Å². The molecule has 0 aliphatic rings. The number of hydrogen-bond donors (Lipinski definition) is 1. The average molecular weight is 319 g/mol. The molecule has 0 aliphatic carbocycles. The van der Waals surface area contributed by atoms with E-state index in [2.05, 4.69) is 4.51 Å². The fourth-order valence-electron chi connectivity index (χ4n) is 1.14. The van der Waals surface area contributed by atoms with Crippen LogP contribution in [-0.4, -0.2) is 16.3 Å². The maximum atomic E-state index is 11.0. The summed E-state index contributed by atoms with van der Waals surface area (Å²) < 4.78 is 9.01. The van der Waals surface area contributed by atoms with E-state index >= 15 is 0 Å². The number of benzene rings is 1. The van der Waals surface area contributed by atoms with Crippen molar-refractivity contribution in [3.63, 3.8) is 0 Å². The number of halogens is 1. The largest absolute Gasteiger partial charge is 0.436 e. The first-order valence-electron chi connectivity index (χ1n) is 4.53. The highest BCUT2D eigenvalue weighted by molar-refractivity contribution is 14.2. The Labute approximate surface area is 99.9 Å². The van der Waals surface area contributed by atoms with Crippen molar-refractivity contribution in [2.24, 2.45) is 5.73 Å². The molecule has 0 saturated carbocycles. The van der Waals surface area contributed by atoms with Crippen LogP contribution in [0.2, 0.25) is 0 Å². The van der Waals surface area contributed by atoms with Gasteiger partial charge in [-0.1, -0.05) is 12.1 Å². The van der Waals surface area contributed by atoms with Gasteiger partial charge in [0.25, 0.3) is 0 Å². The molecule has 0 bridgehead atoms. The van der Waals surface area contributed by atoms with Gasteiger partial charge in [0.15, 0.2) is 0 Å². The highest BCUT2D eigenvalue weighted by Crippen LogP contribution is 2.16. The average Bonchev–Trinajstić information content (AvgIpc) is 2.21. The maximum absolute atomic E-state index is 11.0. The molecular weight excluding hydrogens is 305 g/mol. The second-order valence-electron chi connectivity index (χ2n) is 3.25. The minimum atomic E-state index is -0.438. The molecule has 82 valence electrons. The van der Waals surface area contributed by atoms with Gasteiger partial charge in [0.2, 0.25) is 0 Å². The lowest BCUT2D eigenvalue weighted by Crippen LogP contribution is -2.30. The van der Waals surface area contributed by atoms with Crippen LogP contribution in [0.15, 0.2) is 24.3 Å².